The van der Waals surface area contributed by atoms with Gasteiger partial charge in [-0.25, -0.2) is 0 Å². The molecule has 5 aromatic rings. The first-order chi connectivity index (χ1) is 15.3. The molecule has 0 saturated heterocycles. The molecule has 1 heterocycles. The van der Waals surface area contributed by atoms with E-state index < -0.39 is 0 Å². The monoisotopic (exact) mass is 416 g/mol. The van der Waals surface area contributed by atoms with Crippen LogP contribution in [-0.4, -0.2) is 36.6 Å². The van der Waals surface area contributed by atoms with Gasteiger partial charge in [0.1, 0.15) is 22.7 Å². The molecule has 0 spiro atoms. The molecule has 0 bridgehead atoms. The molecule has 2 N–H and O–H groups in total. The highest BCUT2D eigenvalue weighted by Gasteiger charge is 2.14. The van der Waals surface area contributed by atoms with Crippen LogP contribution in [0.3, 0.4) is 0 Å². The molecule has 31 heavy (non-hydrogen) atoms. The van der Waals surface area contributed by atoms with E-state index in [-0.39, 0.29) is 13.2 Å². The topological polar surface area (TPSA) is 72.1 Å². The first kappa shape index (κ1) is 19.7. The Morgan fingerprint density at radius 1 is 0.613 bits per heavy atom. The van der Waals surface area contributed by atoms with Crippen molar-refractivity contribution in [2.24, 2.45) is 0 Å². The molecule has 5 rings (SSSR count). The minimum Gasteiger partial charge on any atom is -0.493 e. The summed E-state index contributed by atoms with van der Waals surface area (Å²) in [6, 6.07) is 20.3. The summed E-state index contributed by atoms with van der Waals surface area (Å²) in [4.78, 5) is 0. The van der Waals surface area contributed by atoms with Crippen LogP contribution in [0.25, 0.3) is 43.5 Å². The Morgan fingerprint density at radius 3 is 1.55 bits per heavy atom. The molecule has 0 aliphatic rings. The van der Waals surface area contributed by atoms with E-state index in [0.29, 0.717) is 26.1 Å². The normalized spacial score (nSPS) is 11.7. The van der Waals surface area contributed by atoms with Crippen LogP contribution in [0.4, 0.5) is 0 Å². The smallest absolute Gasteiger partial charge is 0.136 e. The predicted octanol–water partition coefficient (Wildman–Crippen LogP) is 5.41. The molecule has 0 radical (unpaired) electrons. The summed E-state index contributed by atoms with van der Waals surface area (Å²) >= 11 is 0. The van der Waals surface area contributed by atoms with Gasteiger partial charge in [0.05, 0.1) is 13.2 Å². The summed E-state index contributed by atoms with van der Waals surface area (Å²) in [6.07, 6.45) is 1.22. The maximum atomic E-state index is 8.96. The van der Waals surface area contributed by atoms with Gasteiger partial charge < -0.3 is 24.1 Å². The van der Waals surface area contributed by atoms with Gasteiger partial charge in [-0.1, -0.05) is 12.1 Å². The lowest BCUT2D eigenvalue weighted by Gasteiger charge is -2.08. The highest BCUT2D eigenvalue weighted by Crippen LogP contribution is 2.40. The first-order valence-corrected chi connectivity index (χ1v) is 10.6. The second-order valence-corrected chi connectivity index (χ2v) is 7.60. The van der Waals surface area contributed by atoms with Gasteiger partial charge in [-0.05, 0) is 70.1 Å². The lowest BCUT2D eigenvalue weighted by molar-refractivity contribution is 0.233. The molecule has 0 amide bonds. The maximum absolute atomic E-state index is 8.96. The number of hydrogen-bond acceptors (Lipinski definition) is 5. The first-order valence-electron chi connectivity index (χ1n) is 10.6. The van der Waals surface area contributed by atoms with E-state index in [1.807, 2.05) is 48.5 Å². The maximum Gasteiger partial charge on any atom is 0.136 e. The largest absolute Gasteiger partial charge is 0.493 e. The fourth-order valence-electron chi connectivity index (χ4n) is 4.07. The molecule has 0 aliphatic carbocycles. The van der Waals surface area contributed by atoms with E-state index in [0.717, 1.165) is 55.0 Å². The molecular weight excluding hydrogens is 392 g/mol. The van der Waals surface area contributed by atoms with Crippen LogP contribution >= 0.6 is 0 Å². The van der Waals surface area contributed by atoms with Crippen LogP contribution in [-0.2, 0) is 0 Å². The van der Waals surface area contributed by atoms with Crippen LogP contribution < -0.4 is 9.47 Å². The fraction of sp³-hybridized carbons (Fsp3) is 0.231. The SMILES string of the molecule is OCCCOc1ccc2c(ccc3oc4ccc5cc(OCCCO)ccc5c4c32)c1. The predicted molar refractivity (Wildman–Crippen MR) is 123 cm³/mol. The third-order valence-corrected chi connectivity index (χ3v) is 5.52. The molecule has 158 valence electrons. The number of aliphatic hydroxyl groups is 2. The van der Waals surface area contributed by atoms with Gasteiger partial charge in [0, 0.05) is 36.8 Å². The minimum atomic E-state index is 0.122. The Labute approximate surface area is 179 Å². The molecule has 5 heteroatoms. The van der Waals surface area contributed by atoms with Gasteiger partial charge in [0.2, 0.25) is 0 Å². The molecule has 1 aromatic heterocycles. The number of aliphatic hydroxyl groups excluding tert-OH is 2. The summed E-state index contributed by atoms with van der Waals surface area (Å²) in [5.41, 5.74) is 1.71. The second kappa shape index (κ2) is 8.46. The minimum absolute atomic E-state index is 0.122. The van der Waals surface area contributed by atoms with E-state index >= 15 is 0 Å². The number of furan rings is 1. The van der Waals surface area contributed by atoms with Gasteiger partial charge in [-0.3, -0.25) is 0 Å². The molecule has 5 nitrogen and oxygen atoms in total. The van der Waals surface area contributed by atoms with Crippen molar-refractivity contribution in [2.75, 3.05) is 26.4 Å². The molecule has 0 saturated carbocycles. The summed E-state index contributed by atoms with van der Waals surface area (Å²) in [5.74, 6) is 1.59. The Balaban J connectivity index is 1.64. The van der Waals surface area contributed by atoms with Crippen LogP contribution in [0, 0.1) is 0 Å². The molecule has 4 aromatic carbocycles. The number of rotatable bonds is 8. The van der Waals surface area contributed by atoms with Crippen molar-refractivity contribution in [3.05, 3.63) is 60.7 Å². The lowest BCUT2D eigenvalue weighted by atomic mass is 9.99. The van der Waals surface area contributed by atoms with Crippen molar-refractivity contribution < 1.29 is 24.1 Å². The van der Waals surface area contributed by atoms with E-state index in [2.05, 4.69) is 12.1 Å². The molecule has 0 fully saturated rings. The fourth-order valence-corrected chi connectivity index (χ4v) is 4.07. The van der Waals surface area contributed by atoms with Crippen molar-refractivity contribution in [1.82, 2.24) is 0 Å². The number of ether oxygens (including phenoxy) is 2. The Bertz CT molecular complexity index is 1260. The summed E-state index contributed by atoms with van der Waals surface area (Å²) < 4.78 is 17.7. The molecular formula is C26H24O5. The average Bonchev–Trinajstić information content (AvgIpc) is 3.18. The quantitative estimate of drug-likeness (QED) is 0.331. The van der Waals surface area contributed by atoms with E-state index in [1.54, 1.807) is 0 Å². The third kappa shape index (κ3) is 3.67. The zero-order valence-corrected chi connectivity index (χ0v) is 17.1. The van der Waals surface area contributed by atoms with Crippen molar-refractivity contribution in [2.45, 2.75) is 12.8 Å². The second-order valence-electron chi connectivity index (χ2n) is 7.60. The Morgan fingerprint density at radius 2 is 1.10 bits per heavy atom. The highest BCUT2D eigenvalue weighted by molar-refractivity contribution is 6.26. The van der Waals surface area contributed by atoms with Crippen molar-refractivity contribution in [1.29, 1.82) is 0 Å². The van der Waals surface area contributed by atoms with E-state index in [1.165, 1.54) is 0 Å². The average molecular weight is 416 g/mol. The van der Waals surface area contributed by atoms with Crippen molar-refractivity contribution in [3.63, 3.8) is 0 Å². The Kier molecular flexibility index (Phi) is 5.37. The highest BCUT2D eigenvalue weighted by atomic mass is 16.5. The van der Waals surface area contributed by atoms with E-state index in [9.17, 15) is 0 Å². The number of hydrogen-bond donors (Lipinski definition) is 2. The molecule has 0 unspecified atom stereocenters. The van der Waals surface area contributed by atoms with E-state index in [4.69, 9.17) is 24.1 Å². The third-order valence-electron chi connectivity index (χ3n) is 5.52. The standard InChI is InChI=1S/C26H24O5/c27-11-1-13-29-19-5-7-21-17(15-19)3-9-23-25(21)26-22-8-6-20(30-14-2-12-28)16-18(22)4-10-24(26)31-23/h3-10,15-16,27-28H,1-2,11-14H2. The number of fused-ring (bicyclic) bond motifs is 7. The van der Waals surface area contributed by atoms with Gasteiger partial charge in [-0.15, -0.1) is 0 Å². The van der Waals surface area contributed by atoms with Gasteiger partial charge >= 0.3 is 0 Å². The molecule has 0 atom stereocenters. The van der Waals surface area contributed by atoms with Crippen LogP contribution in [0.5, 0.6) is 11.5 Å². The summed E-state index contributed by atoms with van der Waals surface area (Å²) in [7, 11) is 0. The van der Waals surface area contributed by atoms with Gasteiger partial charge in [0.25, 0.3) is 0 Å². The van der Waals surface area contributed by atoms with Crippen LogP contribution in [0.2, 0.25) is 0 Å². The molecule has 0 aliphatic heterocycles. The zero-order valence-electron chi connectivity index (χ0n) is 17.1. The summed E-state index contributed by atoms with van der Waals surface area (Å²) in [5, 5.41) is 24.5. The van der Waals surface area contributed by atoms with Gasteiger partial charge in [-0.2, -0.15) is 0 Å². The lowest BCUT2D eigenvalue weighted by Crippen LogP contribution is -1.99. The van der Waals surface area contributed by atoms with Crippen molar-refractivity contribution >= 4 is 43.5 Å². The Hall–Kier alpha value is -3.28. The van der Waals surface area contributed by atoms with Crippen molar-refractivity contribution in [3.8, 4) is 11.5 Å². The van der Waals surface area contributed by atoms with Crippen LogP contribution in [0.15, 0.2) is 65.1 Å². The van der Waals surface area contributed by atoms with Gasteiger partial charge in [0.15, 0.2) is 0 Å². The number of benzene rings is 4. The zero-order chi connectivity index (χ0) is 21.2. The summed E-state index contributed by atoms with van der Waals surface area (Å²) in [6.45, 7) is 1.23. The van der Waals surface area contributed by atoms with Crippen LogP contribution in [0.1, 0.15) is 12.8 Å².